The topological polar surface area (TPSA) is 65.5 Å². The molecule has 24 heavy (non-hydrogen) atoms. The zero-order chi connectivity index (χ0) is 17.3. The van der Waals surface area contributed by atoms with Gasteiger partial charge in [-0.2, -0.15) is 11.8 Å². The van der Waals surface area contributed by atoms with Crippen LogP contribution in [0.3, 0.4) is 0 Å². The lowest BCUT2D eigenvalue weighted by Gasteiger charge is -2.23. The Bertz CT molecular complexity index is 555. The van der Waals surface area contributed by atoms with Gasteiger partial charge in [0.1, 0.15) is 0 Å². The minimum Gasteiger partial charge on any atom is -0.355 e. The summed E-state index contributed by atoms with van der Waals surface area (Å²) in [6.45, 7) is 6.20. The first-order valence-corrected chi connectivity index (χ1v) is 9.02. The highest BCUT2D eigenvalue weighted by atomic mass is 127. The minimum atomic E-state index is -0.177. The molecule has 0 fully saturated rings. The van der Waals surface area contributed by atoms with Crippen molar-refractivity contribution < 1.29 is 4.79 Å². The van der Waals surface area contributed by atoms with Gasteiger partial charge in [0.2, 0.25) is 0 Å². The number of carbonyl (C=O) groups excluding carboxylic acids is 1. The molecule has 1 rings (SSSR count). The molecule has 0 heterocycles. The lowest BCUT2D eigenvalue weighted by Crippen LogP contribution is -2.45. The van der Waals surface area contributed by atoms with E-state index in [9.17, 15) is 4.79 Å². The van der Waals surface area contributed by atoms with Crippen molar-refractivity contribution in [3.05, 3.63) is 34.9 Å². The van der Waals surface area contributed by atoms with E-state index in [2.05, 4.69) is 41.0 Å². The number of thioether (sulfide) groups is 1. The first kappa shape index (κ1) is 23.3. The maximum Gasteiger partial charge on any atom is 0.252 e. The van der Waals surface area contributed by atoms with Crippen molar-refractivity contribution >= 4 is 59.2 Å². The zero-order valence-electron chi connectivity index (χ0n) is 14.5. The van der Waals surface area contributed by atoms with E-state index in [1.807, 2.05) is 0 Å². The highest BCUT2D eigenvalue weighted by Gasteiger charge is 2.16. The van der Waals surface area contributed by atoms with Crippen LogP contribution in [0.2, 0.25) is 5.02 Å². The Labute approximate surface area is 170 Å². The van der Waals surface area contributed by atoms with Crippen LogP contribution in [0.4, 0.5) is 0 Å². The van der Waals surface area contributed by atoms with Crippen molar-refractivity contribution in [2.45, 2.75) is 18.6 Å². The number of nitrogens with zero attached hydrogens (tertiary/aromatic N) is 1. The zero-order valence-corrected chi connectivity index (χ0v) is 18.4. The molecule has 1 aromatic carbocycles. The summed E-state index contributed by atoms with van der Waals surface area (Å²) in [6.07, 6.45) is 2.09. The van der Waals surface area contributed by atoms with E-state index in [4.69, 9.17) is 11.6 Å². The molecule has 0 aliphatic rings. The SMILES string of the molecule is CN=C(NCCNC(=O)c1ccccc1Cl)NCC(C)(C)SC.I. The third-order valence-corrected chi connectivity index (χ3v) is 4.86. The number of carbonyl (C=O) groups is 1. The van der Waals surface area contributed by atoms with Crippen LogP contribution in [-0.2, 0) is 0 Å². The molecule has 0 bridgehead atoms. The summed E-state index contributed by atoms with van der Waals surface area (Å²) < 4.78 is 0.135. The maximum atomic E-state index is 12.0. The minimum absolute atomic E-state index is 0. The Morgan fingerprint density at radius 3 is 2.42 bits per heavy atom. The van der Waals surface area contributed by atoms with E-state index in [0.717, 1.165) is 12.5 Å². The van der Waals surface area contributed by atoms with Gasteiger partial charge >= 0.3 is 0 Å². The Balaban J connectivity index is 0.00000529. The fourth-order valence-corrected chi connectivity index (χ4v) is 2.12. The summed E-state index contributed by atoms with van der Waals surface area (Å²) >= 11 is 7.79. The van der Waals surface area contributed by atoms with Crippen molar-refractivity contribution in [2.24, 2.45) is 4.99 Å². The summed E-state index contributed by atoms with van der Waals surface area (Å²) in [4.78, 5) is 16.2. The molecule has 1 amide bonds. The maximum absolute atomic E-state index is 12.0. The second kappa shape index (κ2) is 11.8. The first-order chi connectivity index (χ1) is 10.9. The lowest BCUT2D eigenvalue weighted by atomic mass is 10.2. The van der Waals surface area contributed by atoms with Crippen molar-refractivity contribution in [1.82, 2.24) is 16.0 Å². The number of aliphatic imine (C=N–C) groups is 1. The average Bonchev–Trinajstić information content (AvgIpc) is 2.54. The van der Waals surface area contributed by atoms with Crippen LogP contribution < -0.4 is 16.0 Å². The van der Waals surface area contributed by atoms with Crippen LogP contribution in [0.25, 0.3) is 0 Å². The number of amides is 1. The summed E-state index contributed by atoms with van der Waals surface area (Å²) in [5, 5.41) is 9.73. The van der Waals surface area contributed by atoms with E-state index in [0.29, 0.717) is 23.7 Å². The highest BCUT2D eigenvalue weighted by molar-refractivity contribution is 14.0. The van der Waals surface area contributed by atoms with E-state index in [1.54, 1.807) is 43.1 Å². The first-order valence-electron chi connectivity index (χ1n) is 7.42. The van der Waals surface area contributed by atoms with Crippen molar-refractivity contribution in [3.8, 4) is 0 Å². The number of benzene rings is 1. The van der Waals surface area contributed by atoms with Crippen LogP contribution in [0, 0.1) is 0 Å². The molecular weight excluding hydrogens is 459 g/mol. The van der Waals surface area contributed by atoms with Gasteiger partial charge in [0.05, 0.1) is 10.6 Å². The molecule has 8 heteroatoms. The quantitative estimate of drug-likeness (QED) is 0.241. The average molecular weight is 485 g/mol. The highest BCUT2D eigenvalue weighted by Crippen LogP contribution is 2.19. The smallest absolute Gasteiger partial charge is 0.252 e. The number of halogens is 2. The van der Waals surface area contributed by atoms with E-state index >= 15 is 0 Å². The standard InChI is InChI=1S/C16H25ClN4OS.HI/c1-16(2,23-4)11-21-15(18-3)20-10-9-19-14(22)12-7-5-6-8-13(12)17;/h5-8H,9-11H2,1-4H3,(H,19,22)(H2,18,20,21);1H. The molecule has 0 saturated heterocycles. The molecule has 0 radical (unpaired) electrons. The third kappa shape index (κ3) is 8.43. The van der Waals surface area contributed by atoms with Gasteiger partial charge in [-0.05, 0) is 32.2 Å². The van der Waals surface area contributed by atoms with Gasteiger partial charge < -0.3 is 16.0 Å². The summed E-state index contributed by atoms with van der Waals surface area (Å²) in [6, 6.07) is 6.99. The molecule has 0 spiro atoms. The number of rotatable bonds is 7. The Kier molecular flexibility index (Phi) is 11.5. The predicted molar refractivity (Wildman–Crippen MR) is 116 cm³/mol. The fraction of sp³-hybridized carbons (Fsp3) is 0.500. The van der Waals surface area contributed by atoms with Crippen molar-refractivity contribution in [3.63, 3.8) is 0 Å². The lowest BCUT2D eigenvalue weighted by molar-refractivity contribution is 0.0954. The second-order valence-corrected chi connectivity index (χ2v) is 7.47. The molecule has 0 aromatic heterocycles. The van der Waals surface area contributed by atoms with Crippen LogP contribution in [0.15, 0.2) is 29.3 Å². The van der Waals surface area contributed by atoms with Crippen molar-refractivity contribution in [2.75, 3.05) is 32.9 Å². The van der Waals surface area contributed by atoms with Crippen LogP contribution in [0.5, 0.6) is 0 Å². The number of nitrogens with one attached hydrogen (secondary N) is 3. The molecule has 5 nitrogen and oxygen atoms in total. The molecular formula is C16H26ClIN4OS. The summed E-state index contributed by atoms with van der Waals surface area (Å²) in [5.74, 6) is 0.544. The fourth-order valence-electron chi connectivity index (χ4n) is 1.69. The monoisotopic (exact) mass is 484 g/mol. The number of hydrogen-bond acceptors (Lipinski definition) is 3. The normalized spacial score (nSPS) is 11.5. The van der Waals surface area contributed by atoms with Gasteiger partial charge in [0.15, 0.2) is 5.96 Å². The molecule has 3 N–H and O–H groups in total. The Hall–Kier alpha value is -0.670. The molecule has 0 unspecified atom stereocenters. The van der Waals surface area contributed by atoms with E-state index < -0.39 is 0 Å². The van der Waals surface area contributed by atoms with Gasteiger partial charge in [-0.3, -0.25) is 9.79 Å². The van der Waals surface area contributed by atoms with Gasteiger partial charge in [0, 0.05) is 31.4 Å². The van der Waals surface area contributed by atoms with Crippen molar-refractivity contribution in [1.29, 1.82) is 0 Å². The summed E-state index contributed by atoms with van der Waals surface area (Å²) in [7, 11) is 1.73. The molecule has 136 valence electrons. The molecule has 0 saturated carbocycles. The predicted octanol–water partition coefficient (Wildman–Crippen LogP) is 2.99. The molecule has 0 aliphatic heterocycles. The third-order valence-electron chi connectivity index (χ3n) is 3.28. The number of guanidine groups is 1. The molecule has 1 aromatic rings. The Morgan fingerprint density at radius 1 is 1.21 bits per heavy atom. The second-order valence-electron chi connectivity index (χ2n) is 5.55. The van der Waals surface area contributed by atoms with Crippen LogP contribution in [-0.4, -0.2) is 49.6 Å². The summed E-state index contributed by atoms with van der Waals surface area (Å²) in [5.41, 5.74) is 0.485. The van der Waals surface area contributed by atoms with E-state index in [1.165, 1.54) is 0 Å². The van der Waals surface area contributed by atoms with Crippen LogP contribution in [0.1, 0.15) is 24.2 Å². The van der Waals surface area contributed by atoms with Gasteiger partial charge in [-0.15, -0.1) is 24.0 Å². The number of hydrogen-bond donors (Lipinski definition) is 3. The van der Waals surface area contributed by atoms with Gasteiger partial charge in [0.25, 0.3) is 5.91 Å². The largest absolute Gasteiger partial charge is 0.355 e. The molecule has 0 atom stereocenters. The molecule has 0 aliphatic carbocycles. The van der Waals surface area contributed by atoms with E-state index in [-0.39, 0.29) is 34.6 Å². The van der Waals surface area contributed by atoms with Crippen LogP contribution >= 0.6 is 47.3 Å². The Morgan fingerprint density at radius 2 is 1.83 bits per heavy atom. The van der Waals surface area contributed by atoms with Gasteiger partial charge in [-0.1, -0.05) is 23.7 Å². The van der Waals surface area contributed by atoms with Gasteiger partial charge in [-0.25, -0.2) is 0 Å².